The zero-order valence-corrected chi connectivity index (χ0v) is 18.4. The quantitative estimate of drug-likeness (QED) is 0.521. The van der Waals surface area contributed by atoms with Crippen molar-refractivity contribution in [2.24, 2.45) is 0 Å². The summed E-state index contributed by atoms with van der Waals surface area (Å²) >= 11 is 3.35. The normalized spacial score (nSPS) is 11.7. The Bertz CT molecular complexity index is 1090. The maximum absolute atomic E-state index is 12.8. The van der Waals surface area contributed by atoms with Crippen LogP contribution in [0.4, 0.5) is 0 Å². The van der Waals surface area contributed by atoms with Gasteiger partial charge in [0.25, 0.3) is 0 Å². The fourth-order valence-corrected chi connectivity index (χ4v) is 4.67. The van der Waals surface area contributed by atoms with Crippen molar-refractivity contribution in [1.82, 2.24) is 9.71 Å². The fourth-order valence-electron chi connectivity index (χ4n) is 3.17. The van der Waals surface area contributed by atoms with E-state index in [1.165, 1.54) is 0 Å². The van der Waals surface area contributed by atoms with Gasteiger partial charge in [0.15, 0.2) is 0 Å². The minimum absolute atomic E-state index is 0.134. The van der Waals surface area contributed by atoms with Crippen LogP contribution in [0.5, 0.6) is 11.5 Å². The third-order valence-corrected chi connectivity index (χ3v) is 6.48. The van der Waals surface area contributed by atoms with Crippen LogP contribution in [0.2, 0.25) is 0 Å². The van der Waals surface area contributed by atoms with Crippen molar-refractivity contribution in [3.05, 3.63) is 52.1 Å². The summed E-state index contributed by atoms with van der Waals surface area (Å²) in [6.07, 6.45) is 0.554. The van der Waals surface area contributed by atoms with Crippen LogP contribution in [0.1, 0.15) is 18.2 Å². The summed E-state index contributed by atoms with van der Waals surface area (Å²) in [7, 11) is -2.07. The molecule has 3 aromatic rings. The van der Waals surface area contributed by atoms with E-state index in [2.05, 4.69) is 25.6 Å². The molecular formula is C20H23BrN2O4S. The molecule has 0 saturated carbocycles. The molecule has 3 rings (SSSR count). The smallest absolute Gasteiger partial charge is 0.244 e. The van der Waals surface area contributed by atoms with Crippen molar-refractivity contribution in [3.63, 3.8) is 0 Å². The third kappa shape index (κ3) is 4.34. The average molecular weight is 467 g/mol. The summed E-state index contributed by atoms with van der Waals surface area (Å²) in [4.78, 5) is 3.47. The molecule has 0 fully saturated rings. The number of halogens is 1. The van der Waals surface area contributed by atoms with Crippen LogP contribution in [0.3, 0.4) is 0 Å². The number of methoxy groups -OCH3 is 1. The van der Waals surface area contributed by atoms with Crippen molar-refractivity contribution < 1.29 is 17.9 Å². The molecule has 2 aromatic carbocycles. The van der Waals surface area contributed by atoms with Gasteiger partial charge in [-0.2, -0.15) is 0 Å². The Morgan fingerprint density at radius 3 is 2.68 bits per heavy atom. The summed E-state index contributed by atoms with van der Waals surface area (Å²) in [5, 5.41) is 1.04. The zero-order valence-electron chi connectivity index (χ0n) is 16.0. The van der Waals surface area contributed by atoms with E-state index < -0.39 is 10.0 Å². The van der Waals surface area contributed by atoms with E-state index in [0.29, 0.717) is 18.8 Å². The lowest BCUT2D eigenvalue weighted by Gasteiger charge is -2.12. The number of rotatable bonds is 8. The van der Waals surface area contributed by atoms with Gasteiger partial charge < -0.3 is 14.5 Å². The summed E-state index contributed by atoms with van der Waals surface area (Å²) in [5.41, 5.74) is 3.08. The summed E-state index contributed by atoms with van der Waals surface area (Å²) in [6.45, 7) is 4.46. The molecule has 1 aromatic heterocycles. The lowest BCUT2D eigenvalue weighted by molar-refractivity contribution is 0.330. The molecule has 0 unspecified atom stereocenters. The fraction of sp³-hybridized carbons (Fsp3) is 0.300. The molecule has 0 spiro atoms. The van der Waals surface area contributed by atoms with Crippen molar-refractivity contribution in [3.8, 4) is 11.5 Å². The summed E-state index contributed by atoms with van der Waals surface area (Å²) < 4.78 is 39.8. The molecule has 6 nitrogen and oxygen atoms in total. The Labute approximate surface area is 173 Å². The molecule has 0 aliphatic carbocycles. The van der Waals surface area contributed by atoms with Gasteiger partial charge in [0.05, 0.1) is 13.7 Å². The highest BCUT2D eigenvalue weighted by atomic mass is 79.9. The van der Waals surface area contributed by atoms with Crippen molar-refractivity contribution >= 4 is 36.9 Å². The molecule has 28 heavy (non-hydrogen) atoms. The maximum atomic E-state index is 12.8. The first-order chi connectivity index (χ1) is 13.4. The first kappa shape index (κ1) is 20.7. The molecule has 150 valence electrons. The molecule has 0 saturated heterocycles. The van der Waals surface area contributed by atoms with Gasteiger partial charge in [-0.3, -0.25) is 0 Å². The Hall–Kier alpha value is -2.03. The van der Waals surface area contributed by atoms with E-state index in [-0.39, 0.29) is 11.4 Å². The van der Waals surface area contributed by atoms with Crippen LogP contribution in [0, 0.1) is 6.92 Å². The molecule has 0 amide bonds. The van der Waals surface area contributed by atoms with Gasteiger partial charge in [0.2, 0.25) is 10.0 Å². The number of benzene rings is 2. The molecule has 1 heterocycles. The molecule has 0 bridgehead atoms. The predicted octanol–water partition coefficient (Wildman–Crippen LogP) is 4.17. The van der Waals surface area contributed by atoms with Crippen LogP contribution < -0.4 is 14.2 Å². The summed E-state index contributed by atoms with van der Waals surface area (Å²) in [5.74, 6) is 1.10. The van der Waals surface area contributed by atoms with Gasteiger partial charge in [-0.15, -0.1) is 0 Å². The van der Waals surface area contributed by atoms with Crippen molar-refractivity contribution in [1.29, 1.82) is 0 Å². The topological polar surface area (TPSA) is 80.4 Å². The third-order valence-electron chi connectivity index (χ3n) is 4.49. The van der Waals surface area contributed by atoms with Gasteiger partial charge in [-0.05, 0) is 62.2 Å². The first-order valence-corrected chi connectivity index (χ1v) is 11.2. The second kappa shape index (κ2) is 8.55. The van der Waals surface area contributed by atoms with E-state index in [1.807, 2.05) is 32.0 Å². The van der Waals surface area contributed by atoms with Gasteiger partial charge in [-0.1, -0.05) is 15.9 Å². The Morgan fingerprint density at radius 2 is 1.96 bits per heavy atom. The van der Waals surface area contributed by atoms with Crippen molar-refractivity contribution in [2.75, 3.05) is 20.3 Å². The van der Waals surface area contributed by atoms with E-state index in [9.17, 15) is 8.42 Å². The lowest BCUT2D eigenvalue weighted by atomic mass is 10.1. The number of ether oxygens (including phenoxy) is 2. The molecule has 8 heteroatoms. The molecule has 0 aliphatic heterocycles. The number of hydrogen-bond acceptors (Lipinski definition) is 4. The molecule has 0 radical (unpaired) electrons. The number of fused-ring (bicyclic) bond motifs is 1. The minimum Gasteiger partial charge on any atom is -0.497 e. The first-order valence-electron chi connectivity index (χ1n) is 8.93. The number of hydrogen-bond donors (Lipinski definition) is 2. The molecule has 0 aliphatic rings. The number of sulfonamides is 1. The number of aromatic amines is 1. The predicted molar refractivity (Wildman–Crippen MR) is 114 cm³/mol. The van der Waals surface area contributed by atoms with Crippen molar-refractivity contribution in [2.45, 2.75) is 25.2 Å². The van der Waals surface area contributed by atoms with E-state index in [0.717, 1.165) is 32.4 Å². The average Bonchev–Trinajstić information content (AvgIpc) is 2.96. The van der Waals surface area contributed by atoms with Gasteiger partial charge in [0.1, 0.15) is 16.4 Å². The SMILES string of the molecule is CCOc1cc(Br)ccc1S(=O)(=O)NCCc1c(C)[nH]c2ccc(OC)cc12. The van der Waals surface area contributed by atoms with Crippen LogP contribution in [0.25, 0.3) is 10.9 Å². The largest absolute Gasteiger partial charge is 0.497 e. The van der Waals surface area contributed by atoms with E-state index >= 15 is 0 Å². The Balaban J connectivity index is 1.80. The molecule has 2 N–H and O–H groups in total. The summed E-state index contributed by atoms with van der Waals surface area (Å²) in [6, 6.07) is 10.7. The minimum atomic E-state index is -3.69. The van der Waals surface area contributed by atoms with E-state index in [4.69, 9.17) is 9.47 Å². The van der Waals surface area contributed by atoms with Crippen LogP contribution in [-0.4, -0.2) is 33.7 Å². The van der Waals surface area contributed by atoms with Crippen LogP contribution >= 0.6 is 15.9 Å². The Morgan fingerprint density at radius 1 is 1.18 bits per heavy atom. The highest BCUT2D eigenvalue weighted by Gasteiger charge is 2.20. The maximum Gasteiger partial charge on any atom is 0.244 e. The zero-order chi connectivity index (χ0) is 20.3. The van der Waals surface area contributed by atoms with Gasteiger partial charge >= 0.3 is 0 Å². The standard InChI is InChI=1S/C20H23BrN2O4S/c1-4-27-19-11-14(21)5-8-20(19)28(24,25)22-10-9-16-13(2)23-18-7-6-15(26-3)12-17(16)18/h5-8,11-12,22-23H,4,9-10H2,1-3H3. The van der Waals surface area contributed by atoms with Crippen LogP contribution in [0.15, 0.2) is 45.8 Å². The lowest BCUT2D eigenvalue weighted by Crippen LogP contribution is -2.26. The highest BCUT2D eigenvalue weighted by molar-refractivity contribution is 9.10. The van der Waals surface area contributed by atoms with E-state index in [1.54, 1.807) is 25.3 Å². The number of aromatic nitrogens is 1. The second-order valence-electron chi connectivity index (χ2n) is 6.31. The number of H-pyrrole nitrogens is 1. The molecular weight excluding hydrogens is 444 g/mol. The second-order valence-corrected chi connectivity index (χ2v) is 8.96. The van der Waals surface area contributed by atoms with Gasteiger partial charge in [0, 0.05) is 27.6 Å². The van der Waals surface area contributed by atoms with Gasteiger partial charge in [-0.25, -0.2) is 13.1 Å². The number of aryl methyl sites for hydroxylation is 1. The number of nitrogens with one attached hydrogen (secondary N) is 2. The monoisotopic (exact) mass is 466 g/mol. The highest BCUT2D eigenvalue weighted by Crippen LogP contribution is 2.29. The Kier molecular flexibility index (Phi) is 6.32. The van der Waals surface area contributed by atoms with Crippen LogP contribution in [-0.2, 0) is 16.4 Å². The molecule has 0 atom stereocenters.